The van der Waals surface area contributed by atoms with Gasteiger partial charge in [0.25, 0.3) is 0 Å². The molecule has 0 spiro atoms. The van der Waals surface area contributed by atoms with Crippen molar-refractivity contribution in [2.45, 2.75) is 51.4 Å². The van der Waals surface area contributed by atoms with Gasteiger partial charge in [0.2, 0.25) is 0 Å². The van der Waals surface area contributed by atoms with Gasteiger partial charge in [-0.25, -0.2) is 22.4 Å². The Labute approximate surface area is 196 Å². The second-order valence-electron chi connectivity index (χ2n) is 9.04. The van der Waals surface area contributed by atoms with E-state index in [1.54, 1.807) is 0 Å². The van der Waals surface area contributed by atoms with E-state index in [9.17, 15) is 23.1 Å². The number of carboxylic acids is 1. The van der Waals surface area contributed by atoms with E-state index in [2.05, 4.69) is 6.92 Å². The van der Waals surface area contributed by atoms with Crippen LogP contribution in [0.2, 0.25) is 0 Å². The van der Waals surface area contributed by atoms with E-state index in [4.69, 9.17) is 0 Å². The lowest BCUT2D eigenvalue weighted by Crippen LogP contribution is -2.13. The molecule has 0 radical (unpaired) electrons. The molecule has 4 rings (SSSR count). The predicted octanol–water partition coefficient (Wildman–Crippen LogP) is 8.35. The Bertz CT molecular complexity index is 1170. The van der Waals surface area contributed by atoms with E-state index in [1.165, 1.54) is 37.3 Å². The zero-order chi connectivity index (χ0) is 24.4. The Balaban J connectivity index is 1.72. The maximum Gasteiger partial charge on any atom is 0.338 e. The highest BCUT2D eigenvalue weighted by atomic mass is 19.2. The topological polar surface area (TPSA) is 37.3 Å². The molecule has 1 fully saturated rings. The third-order valence-electron chi connectivity index (χ3n) is 6.88. The molecule has 0 aromatic heterocycles. The lowest BCUT2D eigenvalue weighted by molar-refractivity contribution is 0.0692. The molecule has 0 bridgehead atoms. The number of hydrogen-bond donors (Lipinski definition) is 1. The Morgan fingerprint density at radius 1 is 0.853 bits per heavy atom. The van der Waals surface area contributed by atoms with Crippen molar-refractivity contribution in [2.24, 2.45) is 5.92 Å². The molecule has 178 valence electrons. The number of halogens is 4. The highest BCUT2D eigenvalue weighted by molar-refractivity contribution is 5.94. The lowest BCUT2D eigenvalue weighted by Gasteiger charge is -2.28. The summed E-state index contributed by atoms with van der Waals surface area (Å²) < 4.78 is 56.6. The largest absolute Gasteiger partial charge is 0.478 e. The van der Waals surface area contributed by atoms with Crippen molar-refractivity contribution in [3.63, 3.8) is 0 Å². The van der Waals surface area contributed by atoms with Gasteiger partial charge in [-0.3, -0.25) is 0 Å². The van der Waals surface area contributed by atoms with Crippen molar-refractivity contribution in [3.05, 3.63) is 82.9 Å². The molecular weight excluding hydrogens is 444 g/mol. The lowest BCUT2D eigenvalue weighted by atomic mass is 9.77. The summed E-state index contributed by atoms with van der Waals surface area (Å²) >= 11 is 0. The van der Waals surface area contributed by atoms with Crippen LogP contribution in [0.25, 0.3) is 22.3 Å². The Morgan fingerprint density at radius 3 is 2.03 bits per heavy atom. The minimum atomic E-state index is -1.67. The first-order chi connectivity index (χ1) is 16.3. The van der Waals surface area contributed by atoms with Gasteiger partial charge in [0.05, 0.1) is 5.56 Å². The molecule has 0 unspecified atom stereocenters. The van der Waals surface area contributed by atoms with Crippen LogP contribution in [0, 0.1) is 29.2 Å². The fourth-order valence-corrected chi connectivity index (χ4v) is 5.09. The molecule has 0 saturated heterocycles. The summed E-state index contributed by atoms with van der Waals surface area (Å²) in [5.74, 6) is -6.03. The van der Waals surface area contributed by atoms with Crippen LogP contribution in [0.3, 0.4) is 0 Å². The van der Waals surface area contributed by atoms with E-state index in [0.29, 0.717) is 23.6 Å². The van der Waals surface area contributed by atoms with Gasteiger partial charge < -0.3 is 5.11 Å². The first kappa shape index (κ1) is 24.0. The minimum Gasteiger partial charge on any atom is -0.478 e. The zero-order valence-electron chi connectivity index (χ0n) is 18.9. The predicted molar refractivity (Wildman–Crippen MR) is 124 cm³/mol. The van der Waals surface area contributed by atoms with Crippen molar-refractivity contribution < 1.29 is 27.5 Å². The Hall–Kier alpha value is -3.15. The summed E-state index contributed by atoms with van der Waals surface area (Å²) in [6.45, 7) is 2.21. The third kappa shape index (κ3) is 4.72. The molecule has 3 aromatic carbocycles. The van der Waals surface area contributed by atoms with E-state index in [1.807, 2.05) is 24.3 Å². The first-order valence-corrected chi connectivity index (χ1v) is 11.6. The number of carboxylic acid groups (broad SMARTS) is 1. The van der Waals surface area contributed by atoms with Crippen LogP contribution >= 0.6 is 0 Å². The van der Waals surface area contributed by atoms with E-state index in [-0.39, 0.29) is 16.7 Å². The van der Waals surface area contributed by atoms with Gasteiger partial charge in [0.1, 0.15) is 5.82 Å². The molecule has 6 heteroatoms. The Kier molecular flexibility index (Phi) is 7.05. The minimum absolute atomic E-state index is 0.270. The fourth-order valence-electron chi connectivity index (χ4n) is 5.09. The van der Waals surface area contributed by atoms with Gasteiger partial charge in [-0.15, -0.1) is 0 Å². The number of carbonyl (C=O) groups is 1. The maximum atomic E-state index is 15.3. The molecule has 1 aliphatic rings. The van der Waals surface area contributed by atoms with Crippen LogP contribution in [-0.4, -0.2) is 11.1 Å². The SMILES string of the molecule is CCCC1CCC(c2ccc(-c3ccc(C(=O)O)c(F)c3-c3cc(F)c(F)c(F)c3)cc2)CC1. The van der Waals surface area contributed by atoms with Crippen LogP contribution in [-0.2, 0) is 0 Å². The molecular formula is C28H26F4O2. The molecule has 0 aliphatic heterocycles. The zero-order valence-corrected chi connectivity index (χ0v) is 18.9. The van der Waals surface area contributed by atoms with Gasteiger partial charge >= 0.3 is 5.97 Å². The number of benzene rings is 3. The van der Waals surface area contributed by atoms with Crippen LogP contribution in [0.5, 0.6) is 0 Å². The van der Waals surface area contributed by atoms with Gasteiger partial charge in [-0.1, -0.05) is 50.1 Å². The molecule has 34 heavy (non-hydrogen) atoms. The summed E-state index contributed by atoms with van der Waals surface area (Å²) in [7, 11) is 0. The first-order valence-electron chi connectivity index (χ1n) is 11.6. The summed E-state index contributed by atoms with van der Waals surface area (Å²) in [6.07, 6.45) is 7.10. The third-order valence-corrected chi connectivity index (χ3v) is 6.88. The van der Waals surface area contributed by atoms with Crippen LogP contribution in [0.15, 0.2) is 48.5 Å². The average Bonchev–Trinajstić information content (AvgIpc) is 2.82. The highest BCUT2D eigenvalue weighted by Gasteiger charge is 2.24. The van der Waals surface area contributed by atoms with Crippen LogP contribution in [0.4, 0.5) is 17.6 Å². The number of hydrogen-bond acceptors (Lipinski definition) is 1. The van der Waals surface area contributed by atoms with Crippen molar-refractivity contribution >= 4 is 5.97 Å². The molecule has 1 N–H and O–H groups in total. The summed E-state index contributed by atoms with van der Waals surface area (Å²) in [4.78, 5) is 11.5. The average molecular weight is 471 g/mol. The van der Waals surface area contributed by atoms with Crippen molar-refractivity contribution in [1.82, 2.24) is 0 Å². The standard InChI is InChI=1S/C28H26F4O2/c1-2-3-16-4-6-17(7-5-16)18-8-10-19(11-9-18)21-12-13-22(28(33)34)26(31)25(21)20-14-23(29)27(32)24(30)15-20/h8-17H,2-7H2,1H3,(H,33,34). The summed E-state index contributed by atoms with van der Waals surface area (Å²) in [6, 6.07) is 11.4. The van der Waals surface area contributed by atoms with E-state index >= 15 is 4.39 Å². The normalized spacial score (nSPS) is 18.1. The van der Waals surface area contributed by atoms with Gasteiger partial charge in [0, 0.05) is 5.56 Å². The van der Waals surface area contributed by atoms with Crippen molar-refractivity contribution in [2.75, 3.05) is 0 Å². The monoisotopic (exact) mass is 470 g/mol. The van der Waals surface area contributed by atoms with Gasteiger partial charge in [-0.05, 0) is 78.0 Å². The van der Waals surface area contributed by atoms with Crippen molar-refractivity contribution in [3.8, 4) is 22.3 Å². The van der Waals surface area contributed by atoms with Gasteiger partial charge in [0.15, 0.2) is 17.5 Å². The van der Waals surface area contributed by atoms with Crippen LogP contribution in [0.1, 0.15) is 67.3 Å². The summed E-state index contributed by atoms with van der Waals surface area (Å²) in [5, 5.41) is 9.34. The smallest absolute Gasteiger partial charge is 0.338 e. The highest BCUT2D eigenvalue weighted by Crippen LogP contribution is 2.40. The summed E-state index contributed by atoms with van der Waals surface area (Å²) in [5.41, 5.74) is 0.826. The molecule has 3 aromatic rings. The van der Waals surface area contributed by atoms with Gasteiger partial charge in [-0.2, -0.15) is 0 Å². The van der Waals surface area contributed by atoms with E-state index in [0.717, 1.165) is 24.8 Å². The molecule has 0 amide bonds. The van der Waals surface area contributed by atoms with Crippen molar-refractivity contribution in [1.29, 1.82) is 0 Å². The van der Waals surface area contributed by atoms with Crippen LogP contribution < -0.4 is 0 Å². The van der Waals surface area contributed by atoms with E-state index < -0.39 is 34.8 Å². The molecule has 1 aliphatic carbocycles. The molecule has 0 atom stereocenters. The second-order valence-corrected chi connectivity index (χ2v) is 9.04. The fraction of sp³-hybridized carbons (Fsp3) is 0.321. The number of rotatable bonds is 6. The maximum absolute atomic E-state index is 15.3. The number of aromatic carboxylic acids is 1. The molecule has 2 nitrogen and oxygen atoms in total. The molecule has 1 saturated carbocycles. The second kappa shape index (κ2) is 10.00. The quantitative estimate of drug-likeness (QED) is 0.290. The Morgan fingerprint density at radius 2 is 1.47 bits per heavy atom. The molecule has 0 heterocycles.